The van der Waals surface area contributed by atoms with E-state index >= 15 is 0 Å². The minimum absolute atomic E-state index is 0.116. The molecule has 2 fully saturated rings. The van der Waals surface area contributed by atoms with Gasteiger partial charge in [-0.1, -0.05) is 0 Å². The normalized spacial score (nSPS) is 33.6. The third-order valence-corrected chi connectivity index (χ3v) is 4.69. The lowest BCUT2D eigenvalue weighted by Crippen LogP contribution is -2.51. The van der Waals surface area contributed by atoms with Gasteiger partial charge in [-0.2, -0.15) is 0 Å². The van der Waals surface area contributed by atoms with Gasteiger partial charge in [0.05, 0.1) is 31.1 Å². The van der Waals surface area contributed by atoms with Crippen molar-refractivity contribution < 1.29 is 18.3 Å². The van der Waals surface area contributed by atoms with E-state index in [4.69, 9.17) is 4.74 Å². The third-order valence-electron chi connectivity index (χ3n) is 4.00. The van der Waals surface area contributed by atoms with Gasteiger partial charge in [0, 0.05) is 12.6 Å². The molecule has 3 N–H and O–H groups in total. The summed E-state index contributed by atoms with van der Waals surface area (Å²) in [6.07, 6.45) is 2.07. The summed E-state index contributed by atoms with van der Waals surface area (Å²) < 4.78 is 30.0. The molecule has 0 aliphatic carbocycles. The first-order valence-electron chi connectivity index (χ1n) is 7.04. The standard InChI is InChI=1S/C12H25N3O4S/c1-15-5-3-9(4-6-15)14-10-8-19-11(12(10)16)7-13-20(2,17)18/h9-14,16H,3-8H2,1-2H3. The van der Waals surface area contributed by atoms with Crippen LogP contribution in [0.2, 0.25) is 0 Å². The fourth-order valence-electron chi connectivity index (χ4n) is 2.72. The fourth-order valence-corrected chi connectivity index (χ4v) is 3.19. The molecule has 118 valence electrons. The summed E-state index contributed by atoms with van der Waals surface area (Å²) in [5.74, 6) is 0. The van der Waals surface area contributed by atoms with Crippen LogP contribution < -0.4 is 10.0 Å². The number of hydrogen-bond acceptors (Lipinski definition) is 6. The van der Waals surface area contributed by atoms with Gasteiger partial charge in [0.25, 0.3) is 0 Å². The quantitative estimate of drug-likeness (QED) is 0.564. The van der Waals surface area contributed by atoms with Crippen LogP contribution in [0.4, 0.5) is 0 Å². The van der Waals surface area contributed by atoms with E-state index in [0.717, 1.165) is 32.2 Å². The highest BCUT2D eigenvalue weighted by atomic mass is 32.2. The molecule has 3 atom stereocenters. The molecular formula is C12H25N3O4S. The second-order valence-corrected chi connectivity index (χ2v) is 7.67. The molecule has 0 bridgehead atoms. The SMILES string of the molecule is CN1CCC(NC2COC(CNS(C)(=O)=O)C2O)CC1. The Bertz CT molecular complexity index is 409. The maximum Gasteiger partial charge on any atom is 0.208 e. The number of nitrogens with one attached hydrogen (secondary N) is 2. The van der Waals surface area contributed by atoms with Crippen LogP contribution in [0.25, 0.3) is 0 Å². The highest BCUT2D eigenvalue weighted by Gasteiger charge is 2.37. The number of ether oxygens (including phenoxy) is 1. The first-order valence-corrected chi connectivity index (χ1v) is 8.93. The number of likely N-dealkylation sites (tertiary alicyclic amines) is 1. The van der Waals surface area contributed by atoms with Crippen LogP contribution in [0, 0.1) is 0 Å². The van der Waals surface area contributed by atoms with Gasteiger partial charge in [0.2, 0.25) is 10.0 Å². The monoisotopic (exact) mass is 307 g/mol. The van der Waals surface area contributed by atoms with Crippen LogP contribution in [0.1, 0.15) is 12.8 Å². The molecule has 2 rings (SSSR count). The Labute approximate surface area is 120 Å². The molecule has 20 heavy (non-hydrogen) atoms. The number of nitrogens with zero attached hydrogens (tertiary/aromatic N) is 1. The van der Waals surface area contributed by atoms with Crippen molar-refractivity contribution in [3.63, 3.8) is 0 Å². The van der Waals surface area contributed by atoms with Crippen LogP contribution >= 0.6 is 0 Å². The van der Waals surface area contributed by atoms with Gasteiger partial charge in [-0.15, -0.1) is 0 Å². The van der Waals surface area contributed by atoms with Gasteiger partial charge in [0.15, 0.2) is 0 Å². The summed E-state index contributed by atoms with van der Waals surface area (Å²) in [5, 5.41) is 13.6. The van der Waals surface area contributed by atoms with Crippen molar-refractivity contribution in [2.45, 2.75) is 37.1 Å². The first-order chi connectivity index (χ1) is 9.35. The Morgan fingerprint density at radius 1 is 1.35 bits per heavy atom. The number of rotatable bonds is 5. The third kappa shape index (κ3) is 4.64. The minimum atomic E-state index is -3.25. The van der Waals surface area contributed by atoms with Crippen molar-refractivity contribution in [2.24, 2.45) is 0 Å². The number of hydrogen-bond donors (Lipinski definition) is 3. The highest BCUT2D eigenvalue weighted by molar-refractivity contribution is 7.88. The molecule has 3 unspecified atom stereocenters. The minimum Gasteiger partial charge on any atom is -0.389 e. The summed E-state index contributed by atoms with van der Waals surface area (Å²) >= 11 is 0. The summed E-state index contributed by atoms with van der Waals surface area (Å²) in [7, 11) is -1.15. The van der Waals surface area contributed by atoms with Crippen molar-refractivity contribution in [3.8, 4) is 0 Å². The summed E-state index contributed by atoms with van der Waals surface area (Å²) in [6.45, 7) is 2.65. The van der Waals surface area contributed by atoms with Crippen molar-refractivity contribution in [1.82, 2.24) is 14.9 Å². The number of aliphatic hydroxyl groups is 1. The molecule has 0 aromatic carbocycles. The molecule has 2 aliphatic heterocycles. The van der Waals surface area contributed by atoms with E-state index in [9.17, 15) is 13.5 Å². The van der Waals surface area contributed by atoms with Crippen LogP contribution in [-0.2, 0) is 14.8 Å². The first kappa shape index (κ1) is 16.1. The van der Waals surface area contributed by atoms with Crippen molar-refractivity contribution >= 4 is 10.0 Å². The van der Waals surface area contributed by atoms with E-state index < -0.39 is 22.2 Å². The zero-order valence-corrected chi connectivity index (χ0v) is 12.9. The number of sulfonamides is 1. The average molecular weight is 307 g/mol. The summed E-state index contributed by atoms with van der Waals surface area (Å²) in [5.41, 5.74) is 0. The Balaban J connectivity index is 1.77. The number of aliphatic hydroxyl groups excluding tert-OH is 1. The van der Waals surface area contributed by atoms with Crippen LogP contribution in [0.5, 0.6) is 0 Å². The lowest BCUT2D eigenvalue weighted by Gasteiger charge is -2.32. The van der Waals surface area contributed by atoms with Gasteiger partial charge >= 0.3 is 0 Å². The maximum absolute atomic E-state index is 11.1. The van der Waals surface area contributed by atoms with E-state index in [1.807, 2.05) is 0 Å². The molecule has 2 heterocycles. The van der Waals surface area contributed by atoms with E-state index in [1.54, 1.807) is 0 Å². The Morgan fingerprint density at radius 3 is 2.60 bits per heavy atom. The van der Waals surface area contributed by atoms with Gasteiger partial charge in [-0.3, -0.25) is 0 Å². The molecule has 0 saturated carbocycles. The lowest BCUT2D eigenvalue weighted by molar-refractivity contribution is 0.0437. The zero-order valence-electron chi connectivity index (χ0n) is 12.1. The molecular weight excluding hydrogens is 282 g/mol. The fraction of sp³-hybridized carbons (Fsp3) is 1.00. The van der Waals surface area contributed by atoms with E-state index in [-0.39, 0.29) is 12.6 Å². The van der Waals surface area contributed by atoms with E-state index in [1.165, 1.54) is 0 Å². The topological polar surface area (TPSA) is 90.9 Å². The Morgan fingerprint density at radius 2 is 2.00 bits per heavy atom. The molecule has 0 amide bonds. The smallest absolute Gasteiger partial charge is 0.208 e. The Kier molecular flexibility index (Phi) is 5.38. The van der Waals surface area contributed by atoms with E-state index in [0.29, 0.717) is 12.6 Å². The second kappa shape index (κ2) is 6.67. The molecule has 0 radical (unpaired) electrons. The molecule has 0 aromatic rings. The van der Waals surface area contributed by atoms with Crippen molar-refractivity contribution in [3.05, 3.63) is 0 Å². The lowest BCUT2D eigenvalue weighted by atomic mass is 10.0. The van der Waals surface area contributed by atoms with Gasteiger partial charge in [-0.05, 0) is 33.0 Å². The predicted molar refractivity (Wildman–Crippen MR) is 76.0 cm³/mol. The maximum atomic E-state index is 11.1. The molecule has 2 aliphatic rings. The van der Waals surface area contributed by atoms with Gasteiger partial charge in [-0.25, -0.2) is 13.1 Å². The molecule has 0 spiro atoms. The van der Waals surface area contributed by atoms with Crippen molar-refractivity contribution in [2.75, 3.05) is 39.5 Å². The van der Waals surface area contributed by atoms with Gasteiger partial charge < -0.3 is 20.1 Å². The molecule has 8 heteroatoms. The largest absolute Gasteiger partial charge is 0.389 e. The molecule has 7 nitrogen and oxygen atoms in total. The van der Waals surface area contributed by atoms with Crippen LogP contribution in [0.3, 0.4) is 0 Å². The summed E-state index contributed by atoms with van der Waals surface area (Å²) in [6, 6.07) is 0.283. The van der Waals surface area contributed by atoms with Gasteiger partial charge in [0.1, 0.15) is 0 Å². The van der Waals surface area contributed by atoms with Crippen LogP contribution in [0.15, 0.2) is 0 Å². The zero-order chi connectivity index (χ0) is 14.8. The second-order valence-electron chi connectivity index (χ2n) is 5.83. The predicted octanol–water partition coefficient (Wildman–Crippen LogP) is -1.65. The number of piperidine rings is 1. The highest BCUT2D eigenvalue weighted by Crippen LogP contribution is 2.17. The molecule has 2 saturated heterocycles. The van der Waals surface area contributed by atoms with Crippen LogP contribution in [-0.4, -0.2) is 82.3 Å². The average Bonchev–Trinajstić information content (AvgIpc) is 2.70. The Hall–Kier alpha value is -0.250. The van der Waals surface area contributed by atoms with Crippen molar-refractivity contribution in [1.29, 1.82) is 0 Å². The molecule has 0 aromatic heterocycles. The summed E-state index contributed by atoms with van der Waals surface area (Å²) in [4.78, 5) is 2.29. The van der Waals surface area contributed by atoms with E-state index in [2.05, 4.69) is 22.0 Å².